The molecule has 0 saturated heterocycles. The standard InChI is InChI=1S/C25H23N5O3/c1-14-8-17-11-24(27-20(17)9-15(14)2)28-25(32)23-12-19(29-33-23)16(3)10-22(31)18-13-26-30-7-5-4-6-21(18)30/h4-9,12-13,16H,10-11H2,1-3H3,(H,27,28,32)/t16-/m0/s1. The van der Waals surface area contributed by atoms with Crippen LogP contribution in [-0.4, -0.2) is 32.3 Å². The summed E-state index contributed by atoms with van der Waals surface area (Å²) in [5, 5.41) is 11.1. The van der Waals surface area contributed by atoms with Crippen molar-refractivity contribution in [2.45, 2.75) is 39.5 Å². The summed E-state index contributed by atoms with van der Waals surface area (Å²) in [4.78, 5) is 30.0. The number of carbonyl (C=O) groups excluding carboxylic acids is 2. The number of nitrogens with zero attached hydrogens (tertiary/aromatic N) is 4. The molecular weight excluding hydrogens is 418 g/mol. The quantitative estimate of drug-likeness (QED) is 0.465. The summed E-state index contributed by atoms with van der Waals surface area (Å²) in [6.45, 7) is 5.98. The third-order valence-corrected chi connectivity index (χ3v) is 6.04. The van der Waals surface area contributed by atoms with Gasteiger partial charge in [-0.3, -0.25) is 9.59 Å². The van der Waals surface area contributed by atoms with E-state index >= 15 is 0 Å². The lowest BCUT2D eigenvalue weighted by molar-refractivity contribution is 0.0937. The number of benzene rings is 1. The van der Waals surface area contributed by atoms with Crippen molar-refractivity contribution in [2.24, 2.45) is 4.99 Å². The molecular formula is C25H23N5O3. The number of amides is 1. The smallest absolute Gasteiger partial charge is 0.295 e. The first-order chi connectivity index (χ1) is 15.9. The molecule has 0 radical (unpaired) electrons. The van der Waals surface area contributed by atoms with E-state index in [4.69, 9.17) is 4.52 Å². The van der Waals surface area contributed by atoms with Crippen molar-refractivity contribution in [2.75, 3.05) is 0 Å². The van der Waals surface area contributed by atoms with Crippen molar-refractivity contribution in [3.8, 4) is 0 Å². The summed E-state index contributed by atoms with van der Waals surface area (Å²) in [7, 11) is 0. The van der Waals surface area contributed by atoms with Gasteiger partial charge in [-0.1, -0.05) is 24.2 Å². The van der Waals surface area contributed by atoms with Crippen LogP contribution in [0.3, 0.4) is 0 Å². The molecule has 1 aliphatic heterocycles. The van der Waals surface area contributed by atoms with Crippen LogP contribution >= 0.6 is 0 Å². The number of aliphatic imine (C=N–C) groups is 1. The lowest BCUT2D eigenvalue weighted by Crippen LogP contribution is -2.30. The predicted molar refractivity (Wildman–Crippen MR) is 123 cm³/mol. The lowest BCUT2D eigenvalue weighted by atomic mass is 9.97. The van der Waals surface area contributed by atoms with E-state index in [1.807, 2.05) is 38.1 Å². The highest BCUT2D eigenvalue weighted by atomic mass is 16.5. The van der Waals surface area contributed by atoms with Crippen LogP contribution in [0, 0.1) is 13.8 Å². The number of aryl methyl sites for hydroxylation is 2. The summed E-state index contributed by atoms with van der Waals surface area (Å²) in [5.41, 5.74) is 6.21. The maximum atomic E-state index is 12.8. The van der Waals surface area contributed by atoms with Crippen molar-refractivity contribution in [1.82, 2.24) is 20.1 Å². The molecule has 1 atom stereocenters. The summed E-state index contributed by atoms with van der Waals surface area (Å²) in [6, 6.07) is 11.3. The molecule has 0 fully saturated rings. The molecule has 0 saturated carbocycles. The Morgan fingerprint density at radius 3 is 2.85 bits per heavy atom. The first-order valence-electron chi connectivity index (χ1n) is 10.8. The van der Waals surface area contributed by atoms with E-state index in [0.29, 0.717) is 23.5 Å². The van der Waals surface area contributed by atoms with Crippen molar-refractivity contribution in [3.05, 3.63) is 82.5 Å². The molecule has 1 N–H and O–H groups in total. The molecule has 4 aromatic rings. The van der Waals surface area contributed by atoms with Gasteiger partial charge in [-0.2, -0.15) is 5.10 Å². The average Bonchev–Trinajstić information content (AvgIpc) is 3.52. The molecule has 166 valence electrons. The van der Waals surface area contributed by atoms with Gasteiger partial charge in [0.15, 0.2) is 5.78 Å². The van der Waals surface area contributed by atoms with Crippen molar-refractivity contribution >= 4 is 28.7 Å². The third kappa shape index (κ3) is 3.95. The van der Waals surface area contributed by atoms with E-state index < -0.39 is 5.91 Å². The maximum Gasteiger partial charge on any atom is 0.295 e. The third-order valence-electron chi connectivity index (χ3n) is 6.04. The number of Topliss-reactive ketones (excluding diaryl/α,β-unsaturated/α-hetero) is 1. The molecule has 0 unspecified atom stereocenters. The van der Waals surface area contributed by atoms with E-state index in [-0.39, 0.29) is 23.9 Å². The van der Waals surface area contributed by atoms with E-state index in [2.05, 4.69) is 33.6 Å². The zero-order valence-corrected chi connectivity index (χ0v) is 18.6. The number of fused-ring (bicyclic) bond motifs is 2. The number of ketones is 1. The molecule has 0 bridgehead atoms. The predicted octanol–water partition coefficient (Wildman–Crippen LogP) is 4.33. The minimum Gasteiger partial charge on any atom is -0.351 e. The maximum absolute atomic E-state index is 12.8. The Labute approximate surface area is 190 Å². The second-order valence-electron chi connectivity index (χ2n) is 8.49. The summed E-state index contributed by atoms with van der Waals surface area (Å²) >= 11 is 0. The number of pyridine rings is 1. The van der Waals surface area contributed by atoms with Gasteiger partial charge in [-0.15, -0.1) is 0 Å². The zero-order valence-electron chi connectivity index (χ0n) is 18.6. The number of rotatable bonds is 5. The topological polar surface area (TPSA) is 102 Å². The van der Waals surface area contributed by atoms with Crippen LogP contribution < -0.4 is 5.32 Å². The molecule has 1 amide bonds. The number of nitrogens with one attached hydrogen (secondary N) is 1. The molecule has 1 aromatic carbocycles. The number of amidine groups is 1. The SMILES string of the molecule is Cc1cc2c(cc1C)N=C(NC(=O)c1cc([C@@H](C)CC(=O)c3cnn4ccccc34)no1)C2. The molecule has 3 aromatic heterocycles. The lowest BCUT2D eigenvalue weighted by Gasteiger charge is -2.06. The number of aromatic nitrogens is 3. The van der Waals surface area contributed by atoms with Crippen LogP contribution in [0.1, 0.15) is 62.6 Å². The van der Waals surface area contributed by atoms with Crippen LogP contribution in [0.5, 0.6) is 0 Å². The van der Waals surface area contributed by atoms with Gasteiger partial charge in [0.1, 0.15) is 5.84 Å². The Morgan fingerprint density at radius 1 is 1.18 bits per heavy atom. The Hall–Kier alpha value is -4.07. The highest BCUT2D eigenvalue weighted by Gasteiger charge is 2.23. The Balaban J connectivity index is 1.24. The van der Waals surface area contributed by atoms with E-state index in [0.717, 1.165) is 22.3 Å². The van der Waals surface area contributed by atoms with Crippen molar-refractivity contribution < 1.29 is 14.1 Å². The van der Waals surface area contributed by atoms with Crippen LogP contribution in [0.25, 0.3) is 5.52 Å². The number of hydrogen-bond acceptors (Lipinski definition) is 6. The van der Waals surface area contributed by atoms with Gasteiger partial charge in [0, 0.05) is 31.0 Å². The van der Waals surface area contributed by atoms with E-state index in [1.54, 1.807) is 23.0 Å². The summed E-state index contributed by atoms with van der Waals surface area (Å²) in [6.07, 6.45) is 4.17. The summed E-state index contributed by atoms with van der Waals surface area (Å²) in [5.74, 6) is -0.00248. The summed E-state index contributed by atoms with van der Waals surface area (Å²) < 4.78 is 6.94. The van der Waals surface area contributed by atoms with Crippen LogP contribution in [0.4, 0.5) is 5.69 Å². The van der Waals surface area contributed by atoms with Crippen LogP contribution in [-0.2, 0) is 6.42 Å². The van der Waals surface area contributed by atoms with E-state index in [1.165, 1.54) is 5.56 Å². The Bertz CT molecular complexity index is 1430. The second-order valence-corrected chi connectivity index (χ2v) is 8.49. The van der Waals surface area contributed by atoms with Gasteiger partial charge in [0.05, 0.1) is 28.7 Å². The molecule has 0 spiro atoms. The highest BCUT2D eigenvalue weighted by Crippen LogP contribution is 2.29. The van der Waals surface area contributed by atoms with Gasteiger partial charge in [-0.05, 0) is 48.7 Å². The van der Waals surface area contributed by atoms with Gasteiger partial charge < -0.3 is 9.84 Å². The highest BCUT2D eigenvalue weighted by molar-refractivity contribution is 6.08. The Morgan fingerprint density at radius 2 is 2.00 bits per heavy atom. The fourth-order valence-corrected chi connectivity index (χ4v) is 4.01. The van der Waals surface area contributed by atoms with Crippen LogP contribution in [0.15, 0.2) is 58.3 Å². The largest absolute Gasteiger partial charge is 0.351 e. The zero-order chi connectivity index (χ0) is 23.1. The molecule has 8 heteroatoms. The van der Waals surface area contributed by atoms with Crippen LogP contribution in [0.2, 0.25) is 0 Å². The Kier molecular flexibility index (Phi) is 5.12. The molecule has 4 heterocycles. The molecule has 0 aliphatic carbocycles. The second kappa shape index (κ2) is 8.12. The monoisotopic (exact) mass is 441 g/mol. The fraction of sp³-hybridized carbons (Fsp3) is 0.240. The van der Waals surface area contributed by atoms with Crippen molar-refractivity contribution in [1.29, 1.82) is 0 Å². The molecule has 8 nitrogen and oxygen atoms in total. The number of hydrogen-bond donors (Lipinski definition) is 1. The minimum absolute atomic E-state index is 0.0404. The molecule has 1 aliphatic rings. The van der Waals surface area contributed by atoms with Crippen molar-refractivity contribution in [3.63, 3.8) is 0 Å². The van der Waals surface area contributed by atoms with E-state index in [9.17, 15) is 9.59 Å². The van der Waals surface area contributed by atoms with Gasteiger partial charge in [0.25, 0.3) is 5.91 Å². The average molecular weight is 441 g/mol. The normalized spacial score (nSPS) is 13.6. The number of carbonyl (C=O) groups is 2. The van der Waals surface area contributed by atoms with Gasteiger partial charge >= 0.3 is 0 Å². The van der Waals surface area contributed by atoms with Gasteiger partial charge in [0.2, 0.25) is 5.76 Å². The first-order valence-corrected chi connectivity index (χ1v) is 10.8. The fourth-order valence-electron chi connectivity index (χ4n) is 4.01. The molecule has 33 heavy (non-hydrogen) atoms. The minimum atomic E-state index is -0.407. The van der Waals surface area contributed by atoms with Gasteiger partial charge in [-0.25, -0.2) is 9.51 Å². The first kappa shape index (κ1) is 20.8. The molecule has 5 rings (SSSR count).